The number of halogens is 2. The van der Waals surface area contributed by atoms with Crippen LogP contribution >= 0.6 is 23.2 Å². The van der Waals surface area contributed by atoms with Crippen LogP contribution in [0.15, 0.2) is 66.7 Å². The van der Waals surface area contributed by atoms with Gasteiger partial charge in [-0.1, -0.05) is 61.3 Å². The van der Waals surface area contributed by atoms with Gasteiger partial charge in [-0.2, -0.15) is 0 Å². The molecule has 31 heavy (non-hydrogen) atoms. The normalized spacial score (nSPS) is 10.7. The first kappa shape index (κ1) is 22.9. The van der Waals surface area contributed by atoms with Crippen molar-refractivity contribution in [3.8, 4) is 5.75 Å². The molecule has 4 nitrogen and oxygen atoms in total. The van der Waals surface area contributed by atoms with Gasteiger partial charge in [0.15, 0.2) is 0 Å². The molecule has 0 unspecified atom stereocenters. The molecule has 0 bridgehead atoms. The smallest absolute Gasteiger partial charge is 0.311 e. The van der Waals surface area contributed by atoms with Gasteiger partial charge in [0.1, 0.15) is 5.75 Å². The summed E-state index contributed by atoms with van der Waals surface area (Å²) in [6, 6.07) is 19.4. The zero-order valence-electron chi connectivity index (χ0n) is 17.3. The summed E-state index contributed by atoms with van der Waals surface area (Å²) in [7, 11) is 0. The van der Waals surface area contributed by atoms with Crippen LogP contribution in [0.4, 0.5) is 5.69 Å². The first-order chi connectivity index (χ1) is 14.8. The third kappa shape index (κ3) is 6.58. The van der Waals surface area contributed by atoms with Crippen LogP contribution in [-0.4, -0.2) is 11.9 Å². The second kappa shape index (κ2) is 10.5. The molecule has 0 heterocycles. The average molecular weight is 456 g/mol. The number of benzene rings is 3. The lowest BCUT2D eigenvalue weighted by molar-refractivity contribution is -0.134. The van der Waals surface area contributed by atoms with Gasteiger partial charge < -0.3 is 10.1 Å². The van der Waals surface area contributed by atoms with Crippen LogP contribution < -0.4 is 10.1 Å². The van der Waals surface area contributed by atoms with Crippen molar-refractivity contribution in [2.45, 2.75) is 32.6 Å². The molecule has 0 saturated heterocycles. The van der Waals surface area contributed by atoms with Crippen LogP contribution in [0.25, 0.3) is 0 Å². The van der Waals surface area contributed by atoms with Crippen LogP contribution in [0, 0.1) is 0 Å². The van der Waals surface area contributed by atoms with E-state index < -0.39 is 0 Å². The van der Waals surface area contributed by atoms with Gasteiger partial charge >= 0.3 is 5.97 Å². The molecule has 160 valence electrons. The largest absolute Gasteiger partial charge is 0.427 e. The Hall–Kier alpha value is -2.82. The van der Waals surface area contributed by atoms with E-state index in [9.17, 15) is 9.59 Å². The van der Waals surface area contributed by atoms with E-state index in [1.54, 1.807) is 42.5 Å². The number of carbonyl (C=O) groups excluding carboxylic acids is 2. The molecule has 0 aliphatic carbocycles. The van der Waals surface area contributed by atoms with Crippen molar-refractivity contribution in [3.63, 3.8) is 0 Å². The highest BCUT2D eigenvalue weighted by Gasteiger charge is 2.11. The van der Waals surface area contributed by atoms with Crippen molar-refractivity contribution in [1.29, 1.82) is 0 Å². The number of rotatable bonds is 7. The van der Waals surface area contributed by atoms with E-state index in [0.29, 0.717) is 39.4 Å². The molecule has 1 amide bonds. The number of hydrogen-bond donors (Lipinski definition) is 1. The minimum Gasteiger partial charge on any atom is -0.427 e. The quantitative estimate of drug-likeness (QED) is 0.311. The number of ether oxygens (including phenoxy) is 1. The number of hydrogen-bond acceptors (Lipinski definition) is 3. The molecule has 6 heteroatoms. The maximum atomic E-state index is 12.4. The fraction of sp³-hybridized carbons (Fsp3) is 0.200. The topological polar surface area (TPSA) is 55.4 Å². The number of anilines is 1. The Labute approximate surface area is 192 Å². The zero-order chi connectivity index (χ0) is 22.4. The standard InChI is InChI=1S/C25H23Cl2NO3/c1-16(2)18-6-3-17(4-7-18)5-14-24(29)31-21-11-8-19(9-12-21)25(30)28-23-15-20(26)10-13-22(23)27/h3-4,6-13,15-16H,5,14H2,1-2H3,(H,28,30). The number of nitrogens with one attached hydrogen (secondary N) is 1. The van der Waals surface area contributed by atoms with E-state index in [0.717, 1.165) is 5.56 Å². The Balaban J connectivity index is 1.53. The summed E-state index contributed by atoms with van der Waals surface area (Å²) in [5.74, 6) is 0.201. The molecular formula is C25H23Cl2NO3. The summed E-state index contributed by atoms with van der Waals surface area (Å²) < 4.78 is 5.38. The second-order valence-corrected chi connectivity index (χ2v) is 8.32. The fourth-order valence-corrected chi connectivity index (χ4v) is 3.30. The van der Waals surface area contributed by atoms with Crippen LogP contribution in [0.2, 0.25) is 10.0 Å². The van der Waals surface area contributed by atoms with Crippen molar-refractivity contribution in [3.05, 3.63) is 93.5 Å². The molecule has 0 saturated carbocycles. The average Bonchev–Trinajstić information content (AvgIpc) is 2.75. The first-order valence-electron chi connectivity index (χ1n) is 9.98. The molecule has 0 aliphatic rings. The molecule has 1 N–H and O–H groups in total. The van der Waals surface area contributed by atoms with Gasteiger partial charge in [-0.3, -0.25) is 9.59 Å². The molecular weight excluding hydrogens is 433 g/mol. The predicted octanol–water partition coefficient (Wildman–Crippen LogP) is 6.91. The molecule has 0 spiro atoms. The summed E-state index contributed by atoms with van der Waals surface area (Å²) in [6.45, 7) is 4.29. The van der Waals surface area contributed by atoms with Gasteiger partial charge in [0, 0.05) is 17.0 Å². The summed E-state index contributed by atoms with van der Waals surface area (Å²) in [5.41, 5.74) is 3.19. The van der Waals surface area contributed by atoms with Gasteiger partial charge in [-0.05, 0) is 65.9 Å². The van der Waals surface area contributed by atoms with E-state index in [1.165, 1.54) is 5.56 Å². The highest BCUT2D eigenvalue weighted by Crippen LogP contribution is 2.26. The van der Waals surface area contributed by atoms with Gasteiger partial charge in [0.05, 0.1) is 10.7 Å². The monoisotopic (exact) mass is 455 g/mol. The summed E-state index contributed by atoms with van der Waals surface area (Å²) in [5, 5.41) is 3.57. The molecule has 0 radical (unpaired) electrons. The van der Waals surface area contributed by atoms with Crippen molar-refractivity contribution < 1.29 is 14.3 Å². The molecule has 0 fully saturated rings. The van der Waals surface area contributed by atoms with Crippen LogP contribution in [0.1, 0.15) is 47.7 Å². The van der Waals surface area contributed by atoms with Gasteiger partial charge in [-0.25, -0.2) is 0 Å². The summed E-state index contributed by atoms with van der Waals surface area (Å²) in [6.07, 6.45) is 0.884. The van der Waals surface area contributed by atoms with Crippen molar-refractivity contribution in [2.75, 3.05) is 5.32 Å². The lowest BCUT2D eigenvalue weighted by Crippen LogP contribution is -2.13. The van der Waals surface area contributed by atoms with E-state index in [2.05, 4.69) is 31.3 Å². The van der Waals surface area contributed by atoms with Crippen molar-refractivity contribution >= 4 is 40.8 Å². The van der Waals surface area contributed by atoms with E-state index >= 15 is 0 Å². The molecule has 3 aromatic rings. The maximum Gasteiger partial charge on any atom is 0.311 e. The van der Waals surface area contributed by atoms with Crippen LogP contribution in [-0.2, 0) is 11.2 Å². The Morgan fingerprint density at radius 3 is 2.26 bits per heavy atom. The minimum atomic E-state index is -0.341. The molecule has 3 aromatic carbocycles. The van der Waals surface area contributed by atoms with Crippen LogP contribution in [0.5, 0.6) is 5.75 Å². The summed E-state index contributed by atoms with van der Waals surface area (Å²) >= 11 is 12.0. The Bertz CT molecular complexity index is 1060. The Kier molecular flexibility index (Phi) is 7.72. The minimum absolute atomic E-state index is 0.274. The number of aryl methyl sites for hydroxylation is 1. The lowest BCUT2D eigenvalue weighted by Gasteiger charge is -2.09. The number of carbonyl (C=O) groups is 2. The Morgan fingerprint density at radius 2 is 1.61 bits per heavy atom. The van der Waals surface area contributed by atoms with E-state index in [-0.39, 0.29) is 18.3 Å². The molecule has 0 aliphatic heterocycles. The highest BCUT2D eigenvalue weighted by molar-refractivity contribution is 6.35. The summed E-state index contributed by atoms with van der Waals surface area (Å²) in [4.78, 5) is 24.6. The molecule has 3 rings (SSSR count). The highest BCUT2D eigenvalue weighted by atomic mass is 35.5. The molecule has 0 atom stereocenters. The SMILES string of the molecule is CC(C)c1ccc(CCC(=O)Oc2ccc(C(=O)Nc3cc(Cl)ccc3Cl)cc2)cc1. The maximum absolute atomic E-state index is 12.4. The van der Waals surface area contributed by atoms with Gasteiger partial charge in [-0.15, -0.1) is 0 Å². The van der Waals surface area contributed by atoms with E-state index in [4.69, 9.17) is 27.9 Å². The lowest BCUT2D eigenvalue weighted by atomic mass is 10.0. The van der Waals surface area contributed by atoms with Gasteiger partial charge in [0.25, 0.3) is 5.91 Å². The fourth-order valence-electron chi connectivity index (χ4n) is 2.96. The zero-order valence-corrected chi connectivity index (χ0v) is 18.8. The third-order valence-corrected chi connectivity index (χ3v) is 5.35. The number of amides is 1. The Morgan fingerprint density at radius 1 is 0.935 bits per heavy atom. The molecule has 0 aromatic heterocycles. The number of esters is 1. The van der Waals surface area contributed by atoms with Crippen molar-refractivity contribution in [1.82, 2.24) is 0 Å². The van der Waals surface area contributed by atoms with Crippen LogP contribution in [0.3, 0.4) is 0 Å². The first-order valence-corrected chi connectivity index (χ1v) is 10.7. The predicted molar refractivity (Wildman–Crippen MR) is 125 cm³/mol. The van der Waals surface area contributed by atoms with Crippen molar-refractivity contribution in [2.24, 2.45) is 0 Å². The third-order valence-electron chi connectivity index (χ3n) is 4.79. The second-order valence-electron chi connectivity index (χ2n) is 7.47. The van der Waals surface area contributed by atoms with E-state index in [1.807, 2.05) is 12.1 Å². The van der Waals surface area contributed by atoms with Gasteiger partial charge in [0.2, 0.25) is 0 Å².